The number of benzene rings is 1. The number of carbonyl (C=O) groups is 3. The molecule has 3 N–H and O–H groups in total. The zero-order valence-corrected chi connectivity index (χ0v) is 21.4. The lowest BCUT2D eigenvalue weighted by Gasteiger charge is -2.30. The van der Waals surface area contributed by atoms with Crippen LogP contribution in [0.4, 0.5) is 9.59 Å². The number of carbonyl (C=O) groups excluding carboxylic acids is 3. The van der Waals surface area contributed by atoms with Crippen molar-refractivity contribution < 1.29 is 23.9 Å². The highest BCUT2D eigenvalue weighted by molar-refractivity contribution is 5.99. The molecule has 190 valence electrons. The Morgan fingerprint density at radius 2 is 1.40 bits per heavy atom. The van der Waals surface area contributed by atoms with Gasteiger partial charge >= 0.3 is 12.2 Å². The van der Waals surface area contributed by atoms with E-state index in [1.807, 2.05) is 0 Å². The molecule has 2 rings (SSSR count). The second-order valence-corrected chi connectivity index (χ2v) is 10.5. The molecule has 0 bridgehead atoms. The molecule has 0 aliphatic heterocycles. The van der Waals surface area contributed by atoms with E-state index in [4.69, 9.17) is 15.9 Å². The molecule has 0 atom stereocenters. The van der Waals surface area contributed by atoms with Crippen molar-refractivity contribution in [2.45, 2.75) is 90.5 Å². The maximum absolute atomic E-state index is 12.5. The van der Waals surface area contributed by atoms with Gasteiger partial charge in [-0.05, 0) is 91.5 Å². The van der Waals surface area contributed by atoms with Crippen LogP contribution in [-0.2, 0) is 9.47 Å². The average molecular weight is 485 g/mol. The molecule has 0 spiro atoms. The Balaban J connectivity index is 1.96. The van der Waals surface area contributed by atoms with Gasteiger partial charge in [0.15, 0.2) is 0 Å². The summed E-state index contributed by atoms with van der Waals surface area (Å²) in [6.45, 7) is 10.4. The molecule has 1 saturated carbocycles. The number of terminal acetylenes is 1. The van der Waals surface area contributed by atoms with Crippen molar-refractivity contribution in [3.8, 4) is 12.3 Å². The fourth-order valence-corrected chi connectivity index (χ4v) is 3.43. The summed E-state index contributed by atoms with van der Waals surface area (Å²) in [6, 6.07) is 6.84. The van der Waals surface area contributed by atoms with Crippen LogP contribution in [0.1, 0.15) is 83.1 Å². The van der Waals surface area contributed by atoms with Crippen molar-refractivity contribution in [2.24, 2.45) is 4.99 Å². The van der Waals surface area contributed by atoms with Gasteiger partial charge in [-0.1, -0.05) is 5.92 Å². The molecule has 1 aliphatic rings. The minimum atomic E-state index is -0.826. The Labute approximate surface area is 207 Å². The fourth-order valence-electron chi connectivity index (χ4n) is 3.43. The average Bonchev–Trinajstić information content (AvgIpc) is 2.72. The third kappa shape index (κ3) is 10.5. The molecule has 9 heteroatoms. The monoisotopic (exact) mass is 484 g/mol. The Morgan fingerprint density at radius 3 is 1.89 bits per heavy atom. The summed E-state index contributed by atoms with van der Waals surface area (Å²) in [7, 11) is 0. The molecule has 1 aromatic rings. The first-order valence-corrected chi connectivity index (χ1v) is 11.7. The molecule has 9 nitrogen and oxygen atoms in total. The summed E-state index contributed by atoms with van der Waals surface area (Å²) >= 11 is 0. The molecular weight excluding hydrogens is 448 g/mol. The summed E-state index contributed by atoms with van der Waals surface area (Å²) in [5, 5.41) is 8.67. The van der Waals surface area contributed by atoms with Gasteiger partial charge in [0.25, 0.3) is 5.91 Å². The van der Waals surface area contributed by atoms with Crippen molar-refractivity contribution in [1.29, 1.82) is 0 Å². The Hall–Kier alpha value is -3.54. The third-order valence-corrected chi connectivity index (χ3v) is 4.93. The van der Waals surface area contributed by atoms with Gasteiger partial charge in [0.2, 0.25) is 5.96 Å². The lowest BCUT2D eigenvalue weighted by Crippen LogP contribution is -2.50. The number of nitrogens with zero attached hydrogens (tertiary/aromatic N) is 1. The molecule has 0 aromatic heterocycles. The molecular formula is C26H36N4O5. The first-order chi connectivity index (χ1) is 16.2. The van der Waals surface area contributed by atoms with E-state index in [2.05, 4.69) is 26.9 Å². The number of ether oxygens (including phenoxy) is 2. The fraction of sp³-hybridized carbons (Fsp3) is 0.538. The van der Waals surface area contributed by atoms with E-state index < -0.39 is 23.4 Å². The number of hydrogen-bond acceptors (Lipinski definition) is 5. The van der Waals surface area contributed by atoms with Crippen LogP contribution in [-0.4, -0.2) is 47.3 Å². The van der Waals surface area contributed by atoms with Gasteiger partial charge in [-0.15, -0.1) is 11.4 Å². The zero-order valence-electron chi connectivity index (χ0n) is 21.4. The Bertz CT molecular complexity index is 973. The van der Waals surface area contributed by atoms with Crippen LogP contribution < -0.4 is 16.0 Å². The number of rotatable bonds is 3. The van der Waals surface area contributed by atoms with Gasteiger partial charge in [0.05, 0.1) is 0 Å². The van der Waals surface area contributed by atoms with E-state index >= 15 is 0 Å². The number of guanidine groups is 1. The molecule has 1 aromatic carbocycles. The second kappa shape index (κ2) is 11.7. The Kier molecular flexibility index (Phi) is 9.29. The smallest absolute Gasteiger partial charge is 0.437 e. The quantitative estimate of drug-likeness (QED) is 0.338. The van der Waals surface area contributed by atoms with Crippen LogP contribution in [0.2, 0.25) is 0 Å². The highest BCUT2D eigenvalue weighted by Gasteiger charge is 2.26. The Morgan fingerprint density at radius 1 is 0.886 bits per heavy atom. The van der Waals surface area contributed by atoms with Gasteiger partial charge in [0, 0.05) is 23.2 Å². The van der Waals surface area contributed by atoms with Crippen molar-refractivity contribution in [3.63, 3.8) is 0 Å². The van der Waals surface area contributed by atoms with Crippen LogP contribution >= 0.6 is 0 Å². The van der Waals surface area contributed by atoms with Gasteiger partial charge in [-0.25, -0.2) is 9.59 Å². The van der Waals surface area contributed by atoms with Crippen molar-refractivity contribution in [1.82, 2.24) is 16.0 Å². The summed E-state index contributed by atoms with van der Waals surface area (Å²) in [6.07, 6.45) is 6.64. The van der Waals surface area contributed by atoms with Crippen molar-refractivity contribution >= 4 is 24.1 Å². The van der Waals surface area contributed by atoms with Gasteiger partial charge < -0.3 is 20.1 Å². The predicted octanol–water partition coefficient (Wildman–Crippen LogP) is 4.11. The largest absolute Gasteiger partial charge is 0.444 e. The zero-order chi connectivity index (χ0) is 26.2. The van der Waals surface area contributed by atoms with Crippen LogP contribution in [0.15, 0.2) is 29.3 Å². The summed E-state index contributed by atoms with van der Waals surface area (Å²) < 4.78 is 10.5. The van der Waals surface area contributed by atoms with Crippen molar-refractivity contribution in [3.05, 3.63) is 35.4 Å². The molecule has 0 unspecified atom stereocenters. The van der Waals surface area contributed by atoms with E-state index in [1.165, 1.54) is 0 Å². The number of nitrogens with one attached hydrogen (secondary N) is 3. The first-order valence-electron chi connectivity index (χ1n) is 11.7. The van der Waals surface area contributed by atoms with E-state index in [0.29, 0.717) is 18.4 Å². The van der Waals surface area contributed by atoms with Crippen LogP contribution in [0.25, 0.3) is 0 Å². The van der Waals surface area contributed by atoms with E-state index in [0.717, 1.165) is 18.4 Å². The van der Waals surface area contributed by atoms with Crippen LogP contribution in [0.5, 0.6) is 0 Å². The van der Waals surface area contributed by atoms with E-state index in [1.54, 1.807) is 65.8 Å². The SMILES string of the molecule is C#Cc1ccc(C(=O)N[C@H]2CC[C@H](N/C(=N/C(=O)OC(C)(C)C)NC(=O)OC(C)(C)C)CC2)cc1. The number of alkyl carbamates (subject to hydrolysis) is 1. The standard InChI is InChI=1S/C26H36N4O5/c1-8-17-9-11-18(12-10-17)21(31)27-19-13-15-20(16-14-19)28-22(29-23(32)34-25(2,3)4)30-24(33)35-26(5,6)7/h1,9-12,19-20H,13-16H2,2-7H3,(H,27,31)(H2,28,29,30,32,33)/t19-,20-. The number of amides is 3. The molecule has 0 saturated heterocycles. The molecule has 1 aliphatic carbocycles. The van der Waals surface area contributed by atoms with Gasteiger partial charge in [-0.3, -0.25) is 10.1 Å². The first kappa shape index (κ1) is 27.7. The number of aliphatic imine (C=N–C) groups is 1. The minimum absolute atomic E-state index is 0.0120. The maximum Gasteiger partial charge on any atom is 0.437 e. The molecule has 0 radical (unpaired) electrons. The van der Waals surface area contributed by atoms with Crippen LogP contribution in [0, 0.1) is 12.3 Å². The summed E-state index contributed by atoms with van der Waals surface area (Å²) in [5.74, 6) is 2.35. The maximum atomic E-state index is 12.5. The van der Waals surface area contributed by atoms with Crippen molar-refractivity contribution in [2.75, 3.05) is 0 Å². The van der Waals surface area contributed by atoms with Crippen LogP contribution in [0.3, 0.4) is 0 Å². The lowest BCUT2D eigenvalue weighted by molar-refractivity contribution is 0.0559. The third-order valence-electron chi connectivity index (χ3n) is 4.93. The second-order valence-electron chi connectivity index (χ2n) is 10.5. The molecule has 35 heavy (non-hydrogen) atoms. The van der Waals surface area contributed by atoms with Gasteiger partial charge in [0.1, 0.15) is 11.2 Å². The molecule has 0 heterocycles. The lowest BCUT2D eigenvalue weighted by atomic mass is 9.91. The highest BCUT2D eigenvalue weighted by Crippen LogP contribution is 2.19. The minimum Gasteiger partial charge on any atom is -0.444 e. The molecule has 3 amide bonds. The van der Waals surface area contributed by atoms with Gasteiger partial charge in [-0.2, -0.15) is 0 Å². The topological polar surface area (TPSA) is 118 Å². The summed E-state index contributed by atoms with van der Waals surface area (Å²) in [4.78, 5) is 40.9. The predicted molar refractivity (Wildman–Crippen MR) is 134 cm³/mol. The highest BCUT2D eigenvalue weighted by atomic mass is 16.6. The molecule has 1 fully saturated rings. The number of hydrogen-bond donors (Lipinski definition) is 3. The van der Waals surface area contributed by atoms with E-state index in [-0.39, 0.29) is 24.0 Å². The normalized spacial score (nSPS) is 18.6. The van der Waals surface area contributed by atoms with E-state index in [9.17, 15) is 14.4 Å². The summed E-state index contributed by atoms with van der Waals surface area (Å²) in [5.41, 5.74) is -0.164.